The van der Waals surface area contributed by atoms with Gasteiger partial charge >= 0.3 is 29.0 Å². The van der Waals surface area contributed by atoms with Crippen molar-refractivity contribution in [1.29, 1.82) is 0 Å². The fourth-order valence-electron chi connectivity index (χ4n) is 0.725. The van der Waals surface area contributed by atoms with E-state index in [1.54, 1.807) is 0 Å². The Labute approximate surface area is 85.2 Å². The molecule has 0 aromatic heterocycles. The van der Waals surface area contributed by atoms with E-state index in [0.29, 0.717) is 5.69 Å². The molecule has 12 heavy (non-hydrogen) atoms. The molecule has 0 saturated carbocycles. The van der Waals surface area contributed by atoms with Gasteiger partial charge in [-0.05, 0) is 18.2 Å². The summed E-state index contributed by atoms with van der Waals surface area (Å²) in [5, 5.41) is 17.4. The average molecular weight is 179 g/mol. The molecule has 0 saturated heterocycles. The molecule has 4 N–H and O–H groups in total. The number of aromatic carboxylic acids is 1. The summed E-state index contributed by atoms with van der Waals surface area (Å²) in [6.45, 7) is 0. The van der Waals surface area contributed by atoms with E-state index in [-0.39, 0.29) is 34.4 Å². The summed E-state index contributed by atoms with van der Waals surface area (Å²) in [6.07, 6.45) is 0. The quantitative estimate of drug-likeness (QED) is 0.316. The smallest absolute Gasteiger partial charge is 0.339 e. The van der Waals surface area contributed by atoms with E-state index in [2.05, 4.69) is 0 Å². The first-order chi connectivity index (χ1) is 5.11. The number of benzene rings is 1. The Kier molecular flexibility index (Phi) is 3.85. The van der Waals surface area contributed by atoms with Crippen molar-refractivity contribution in [2.45, 2.75) is 0 Å². The van der Waals surface area contributed by atoms with E-state index in [0.717, 1.165) is 0 Å². The Morgan fingerprint density at radius 3 is 2.42 bits per heavy atom. The Bertz CT molecular complexity index is 301. The predicted molar refractivity (Wildman–Crippen MR) is 48.0 cm³/mol. The highest BCUT2D eigenvalue weighted by Gasteiger charge is 2.08. The zero-order valence-electron chi connectivity index (χ0n) is 5.61. The highest BCUT2D eigenvalue weighted by molar-refractivity contribution is 5.91. The maximum atomic E-state index is 10.4. The predicted octanol–water partition coefficient (Wildman–Crippen LogP) is -0.244. The summed E-state index contributed by atoms with van der Waals surface area (Å²) in [5.41, 5.74) is 5.43. The zero-order chi connectivity index (χ0) is 8.43. The van der Waals surface area contributed by atoms with Gasteiger partial charge in [0.25, 0.3) is 0 Å². The van der Waals surface area contributed by atoms with Crippen LogP contribution < -0.4 is 5.73 Å². The maximum Gasteiger partial charge on any atom is 0.339 e. The number of carboxylic acids is 1. The standard InChI is InChI=1S/C7H7NO3.Mg.2H/c8-4-1-2-6(9)5(3-4)7(10)11;;;/h1-3,9H,8H2,(H,10,11);;;. The summed E-state index contributed by atoms with van der Waals surface area (Å²) in [4.78, 5) is 10.4. The van der Waals surface area contributed by atoms with Crippen molar-refractivity contribution < 1.29 is 15.0 Å². The molecule has 0 aliphatic carbocycles. The van der Waals surface area contributed by atoms with E-state index >= 15 is 0 Å². The van der Waals surface area contributed by atoms with E-state index in [1.807, 2.05) is 0 Å². The van der Waals surface area contributed by atoms with Crippen LogP contribution in [0, 0.1) is 0 Å². The molecule has 0 aliphatic heterocycles. The van der Waals surface area contributed by atoms with Crippen molar-refractivity contribution in [2.75, 3.05) is 5.73 Å². The second kappa shape index (κ2) is 4.17. The van der Waals surface area contributed by atoms with Gasteiger partial charge in [-0.3, -0.25) is 0 Å². The van der Waals surface area contributed by atoms with Gasteiger partial charge in [0.2, 0.25) is 0 Å². The highest BCUT2D eigenvalue weighted by Crippen LogP contribution is 2.18. The first-order valence-corrected chi connectivity index (χ1v) is 2.93. The second-order valence-electron chi connectivity index (χ2n) is 2.08. The minimum atomic E-state index is -1.19. The molecule has 0 unspecified atom stereocenters. The van der Waals surface area contributed by atoms with Crippen LogP contribution in [0.5, 0.6) is 5.75 Å². The third kappa shape index (κ3) is 2.28. The van der Waals surface area contributed by atoms with Gasteiger partial charge in [0.15, 0.2) is 0 Å². The second-order valence-corrected chi connectivity index (χ2v) is 2.08. The number of nitrogen functional groups attached to an aromatic ring is 1. The van der Waals surface area contributed by atoms with E-state index < -0.39 is 5.97 Å². The summed E-state index contributed by atoms with van der Waals surface area (Å²) in [5.74, 6) is -1.46. The van der Waals surface area contributed by atoms with Crippen LogP contribution in [0.2, 0.25) is 0 Å². The van der Waals surface area contributed by atoms with Crippen molar-refractivity contribution in [3.63, 3.8) is 0 Å². The van der Waals surface area contributed by atoms with Gasteiger partial charge in [-0.2, -0.15) is 0 Å². The SMILES string of the molecule is Nc1ccc(O)c(C(=O)O)c1.[MgH2]. The molecule has 0 spiro atoms. The molecule has 0 heterocycles. The lowest BCUT2D eigenvalue weighted by Gasteiger charge is -1.98. The summed E-state index contributed by atoms with van der Waals surface area (Å²) >= 11 is 0. The Balaban J connectivity index is 0.00000121. The average Bonchev–Trinajstić information content (AvgIpc) is 1.94. The third-order valence-corrected chi connectivity index (χ3v) is 1.25. The zero-order valence-corrected chi connectivity index (χ0v) is 5.61. The molecule has 4 nitrogen and oxygen atoms in total. The highest BCUT2D eigenvalue weighted by atomic mass is 24.3. The van der Waals surface area contributed by atoms with Crippen LogP contribution in [0.15, 0.2) is 18.2 Å². The fourth-order valence-corrected chi connectivity index (χ4v) is 0.725. The largest absolute Gasteiger partial charge is 0.507 e. The molecule has 1 aromatic rings. The van der Waals surface area contributed by atoms with Gasteiger partial charge in [0.1, 0.15) is 11.3 Å². The maximum absolute atomic E-state index is 10.4. The van der Waals surface area contributed by atoms with Gasteiger partial charge in [-0.25, -0.2) is 4.79 Å². The lowest BCUT2D eigenvalue weighted by molar-refractivity contribution is 0.0694. The molecule has 62 valence electrons. The number of anilines is 1. The van der Waals surface area contributed by atoms with Gasteiger partial charge in [0.05, 0.1) is 0 Å². The number of carbonyl (C=O) groups is 1. The number of hydrogen-bond acceptors (Lipinski definition) is 3. The van der Waals surface area contributed by atoms with Crippen LogP contribution in [0.25, 0.3) is 0 Å². The Hall–Kier alpha value is -0.944. The van der Waals surface area contributed by atoms with Crippen molar-refractivity contribution in [2.24, 2.45) is 0 Å². The first-order valence-electron chi connectivity index (χ1n) is 2.93. The normalized spacial score (nSPS) is 8.67. The van der Waals surface area contributed by atoms with Crippen molar-refractivity contribution in [3.05, 3.63) is 23.8 Å². The van der Waals surface area contributed by atoms with Crippen molar-refractivity contribution >= 4 is 34.7 Å². The van der Waals surface area contributed by atoms with Gasteiger partial charge in [0, 0.05) is 5.69 Å². The first kappa shape index (κ1) is 11.1. The lowest BCUT2D eigenvalue weighted by atomic mass is 10.2. The van der Waals surface area contributed by atoms with Crippen LogP contribution in [0.1, 0.15) is 10.4 Å². The summed E-state index contributed by atoms with van der Waals surface area (Å²) in [6, 6.07) is 3.89. The molecular formula is C7H9MgNO3. The van der Waals surface area contributed by atoms with E-state index in [1.165, 1.54) is 18.2 Å². The number of nitrogens with two attached hydrogens (primary N) is 1. The van der Waals surface area contributed by atoms with E-state index in [4.69, 9.17) is 15.9 Å². The minimum Gasteiger partial charge on any atom is -0.507 e. The number of carboxylic acid groups (broad SMARTS) is 1. The van der Waals surface area contributed by atoms with Crippen molar-refractivity contribution in [1.82, 2.24) is 0 Å². The molecule has 0 radical (unpaired) electrons. The van der Waals surface area contributed by atoms with Crippen LogP contribution in [0.4, 0.5) is 5.69 Å². The third-order valence-electron chi connectivity index (χ3n) is 1.25. The molecule has 0 fully saturated rings. The molecule has 0 bridgehead atoms. The monoisotopic (exact) mass is 179 g/mol. The molecule has 5 heteroatoms. The summed E-state index contributed by atoms with van der Waals surface area (Å²) < 4.78 is 0. The Morgan fingerprint density at radius 2 is 2.00 bits per heavy atom. The number of aromatic hydroxyl groups is 1. The number of phenols is 1. The molecule has 0 aliphatic rings. The molecule has 1 rings (SSSR count). The van der Waals surface area contributed by atoms with Crippen molar-refractivity contribution in [3.8, 4) is 5.75 Å². The van der Waals surface area contributed by atoms with Gasteiger partial charge in [-0.1, -0.05) is 0 Å². The Morgan fingerprint density at radius 1 is 1.42 bits per heavy atom. The topological polar surface area (TPSA) is 83.5 Å². The molecule has 1 aromatic carbocycles. The molecule has 0 atom stereocenters. The minimum absolute atomic E-state index is 0. The van der Waals surface area contributed by atoms with Crippen LogP contribution in [0.3, 0.4) is 0 Å². The van der Waals surface area contributed by atoms with Crippen LogP contribution >= 0.6 is 0 Å². The van der Waals surface area contributed by atoms with Gasteiger partial charge in [-0.15, -0.1) is 0 Å². The number of rotatable bonds is 1. The lowest BCUT2D eigenvalue weighted by Crippen LogP contribution is -1.97. The molecular weight excluding hydrogens is 170 g/mol. The fraction of sp³-hybridized carbons (Fsp3) is 0. The van der Waals surface area contributed by atoms with Crippen LogP contribution in [-0.2, 0) is 0 Å². The van der Waals surface area contributed by atoms with Crippen LogP contribution in [-0.4, -0.2) is 39.2 Å². The molecule has 0 amide bonds. The van der Waals surface area contributed by atoms with Gasteiger partial charge < -0.3 is 15.9 Å². The van der Waals surface area contributed by atoms with E-state index in [9.17, 15) is 4.79 Å². The summed E-state index contributed by atoms with van der Waals surface area (Å²) in [7, 11) is 0. The number of hydrogen-bond donors (Lipinski definition) is 3.